The highest BCUT2D eigenvalue weighted by molar-refractivity contribution is 7.89. The Balaban J connectivity index is 1.72. The molecule has 4 atom stereocenters. The molecule has 3 fully saturated rings. The third-order valence-corrected chi connectivity index (χ3v) is 8.46. The fraction of sp³-hybridized carbons (Fsp3) is 0.571. The van der Waals surface area contributed by atoms with E-state index >= 15 is 0 Å². The summed E-state index contributed by atoms with van der Waals surface area (Å²) in [6, 6.07) is 4.91. The molecule has 3 heterocycles. The van der Waals surface area contributed by atoms with E-state index in [4.69, 9.17) is 5.11 Å². The molecule has 4 unspecified atom stereocenters. The number of nitrogens with zero attached hydrogens (tertiary/aromatic N) is 2. The van der Waals surface area contributed by atoms with E-state index in [1.807, 2.05) is 0 Å². The monoisotopic (exact) mass is 422 g/mol. The van der Waals surface area contributed by atoms with Gasteiger partial charge in [0.15, 0.2) is 0 Å². The molecule has 0 aliphatic carbocycles. The van der Waals surface area contributed by atoms with Crippen molar-refractivity contribution < 1.29 is 22.7 Å². The van der Waals surface area contributed by atoms with E-state index in [0.29, 0.717) is 12.6 Å². The maximum absolute atomic E-state index is 13.5. The highest BCUT2D eigenvalue weighted by atomic mass is 32.2. The van der Waals surface area contributed by atoms with Crippen molar-refractivity contribution in [1.29, 1.82) is 0 Å². The van der Waals surface area contributed by atoms with Gasteiger partial charge in [0.2, 0.25) is 10.0 Å². The molecular weight excluding hydrogens is 395 g/mol. The van der Waals surface area contributed by atoms with Gasteiger partial charge >= 0.3 is 5.97 Å². The van der Waals surface area contributed by atoms with Gasteiger partial charge in [-0.25, -0.2) is 12.8 Å². The fourth-order valence-electron chi connectivity index (χ4n) is 5.44. The molecule has 0 bridgehead atoms. The summed E-state index contributed by atoms with van der Waals surface area (Å²) >= 11 is 0. The van der Waals surface area contributed by atoms with E-state index in [2.05, 4.69) is 4.90 Å². The molecular formula is C21H27FN2O4S. The van der Waals surface area contributed by atoms with Crippen LogP contribution in [0.1, 0.15) is 32.1 Å². The van der Waals surface area contributed by atoms with Gasteiger partial charge in [-0.05, 0) is 74.9 Å². The molecule has 8 heteroatoms. The number of rotatable bonds is 5. The van der Waals surface area contributed by atoms with Gasteiger partial charge in [-0.1, -0.05) is 12.2 Å². The third kappa shape index (κ3) is 3.98. The topological polar surface area (TPSA) is 77.9 Å². The van der Waals surface area contributed by atoms with Crippen LogP contribution < -0.4 is 0 Å². The molecule has 1 aromatic rings. The second kappa shape index (κ2) is 8.16. The van der Waals surface area contributed by atoms with Gasteiger partial charge in [-0.2, -0.15) is 4.31 Å². The predicted molar refractivity (Wildman–Crippen MR) is 106 cm³/mol. The molecule has 0 saturated carbocycles. The number of sulfonamides is 1. The summed E-state index contributed by atoms with van der Waals surface area (Å²) < 4.78 is 41.8. The van der Waals surface area contributed by atoms with Crippen LogP contribution in [-0.4, -0.2) is 60.4 Å². The van der Waals surface area contributed by atoms with Crippen LogP contribution in [0.25, 0.3) is 0 Å². The predicted octanol–water partition coefficient (Wildman–Crippen LogP) is 2.72. The Labute approximate surface area is 171 Å². The molecule has 158 valence electrons. The number of halogens is 1. The Hall–Kier alpha value is -1.77. The van der Waals surface area contributed by atoms with Crippen molar-refractivity contribution in [1.82, 2.24) is 9.21 Å². The molecule has 3 aliphatic heterocycles. The first-order chi connectivity index (χ1) is 13.9. The summed E-state index contributed by atoms with van der Waals surface area (Å²) in [4.78, 5) is 13.6. The molecule has 0 amide bonds. The highest BCUT2D eigenvalue weighted by Crippen LogP contribution is 2.44. The Morgan fingerprint density at radius 1 is 1.17 bits per heavy atom. The normalized spacial score (nSPS) is 30.9. The van der Waals surface area contributed by atoms with Gasteiger partial charge in [0.05, 0.1) is 11.3 Å². The van der Waals surface area contributed by atoms with Crippen molar-refractivity contribution in [2.24, 2.45) is 11.8 Å². The van der Waals surface area contributed by atoms with E-state index in [-0.39, 0.29) is 29.2 Å². The Kier molecular flexibility index (Phi) is 5.77. The minimum Gasteiger partial charge on any atom is -0.481 e. The average Bonchev–Trinajstić information content (AvgIpc) is 2.69. The summed E-state index contributed by atoms with van der Waals surface area (Å²) in [7, 11) is -3.82. The molecule has 1 N–H and O–H groups in total. The smallest absolute Gasteiger partial charge is 0.307 e. The number of piperidine rings is 3. The van der Waals surface area contributed by atoms with Crippen molar-refractivity contribution in [2.45, 2.75) is 49.1 Å². The Morgan fingerprint density at radius 3 is 2.55 bits per heavy atom. The largest absolute Gasteiger partial charge is 0.481 e. The van der Waals surface area contributed by atoms with Crippen LogP contribution in [0.15, 0.2) is 41.3 Å². The quantitative estimate of drug-likeness (QED) is 0.739. The zero-order chi connectivity index (χ0) is 20.6. The second-order valence-corrected chi connectivity index (χ2v) is 10.2. The number of aliphatic carboxylic acids is 1. The highest BCUT2D eigenvalue weighted by Gasteiger charge is 2.50. The van der Waals surface area contributed by atoms with E-state index in [1.165, 1.54) is 12.1 Å². The SMILES string of the molecule is O=C(O)C/C=C/C1C2CCCN3CCCC(CN1S(=O)(=O)c1ccc(F)cc1)C23. The van der Waals surface area contributed by atoms with Crippen LogP contribution in [0, 0.1) is 17.7 Å². The van der Waals surface area contributed by atoms with Crippen molar-refractivity contribution in [2.75, 3.05) is 19.6 Å². The number of hydrogen-bond acceptors (Lipinski definition) is 4. The third-order valence-electron chi connectivity index (χ3n) is 6.58. The number of carboxylic acid groups (broad SMARTS) is 1. The first kappa shape index (κ1) is 20.5. The van der Waals surface area contributed by atoms with Crippen molar-refractivity contribution in [3.8, 4) is 0 Å². The number of carbonyl (C=O) groups is 1. The van der Waals surface area contributed by atoms with Crippen molar-refractivity contribution in [3.63, 3.8) is 0 Å². The molecule has 0 radical (unpaired) electrons. The summed E-state index contributed by atoms with van der Waals surface area (Å²) in [5.41, 5.74) is 0. The second-order valence-electron chi connectivity index (χ2n) is 8.28. The Morgan fingerprint density at radius 2 is 1.86 bits per heavy atom. The maximum atomic E-state index is 13.5. The van der Waals surface area contributed by atoms with Crippen LogP contribution >= 0.6 is 0 Å². The first-order valence-electron chi connectivity index (χ1n) is 10.3. The summed E-state index contributed by atoms with van der Waals surface area (Å²) in [6.45, 7) is 2.52. The van der Waals surface area contributed by atoms with Gasteiger partial charge in [-0.15, -0.1) is 0 Å². The number of carboxylic acids is 1. The maximum Gasteiger partial charge on any atom is 0.307 e. The average molecular weight is 423 g/mol. The van der Waals surface area contributed by atoms with E-state index in [9.17, 15) is 17.6 Å². The zero-order valence-corrected chi connectivity index (χ0v) is 17.1. The molecule has 3 aliphatic rings. The van der Waals surface area contributed by atoms with Gasteiger partial charge in [-0.3, -0.25) is 9.69 Å². The Bertz CT molecular complexity index is 884. The number of benzene rings is 1. The van der Waals surface area contributed by atoms with Crippen LogP contribution in [-0.2, 0) is 14.8 Å². The zero-order valence-electron chi connectivity index (χ0n) is 16.3. The lowest BCUT2D eigenvalue weighted by atomic mass is 9.70. The van der Waals surface area contributed by atoms with Gasteiger partial charge in [0.1, 0.15) is 5.82 Å². The minimum atomic E-state index is -3.82. The lowest BCUT2D eigenvalue weighted by molar-refractivity contribution is -0.136. The number of hydrogen-bond donors (Lipinski definition) is 1. The first-order valence-corrected chi connectivity index (χ1v) is 11.7. The molecule has 3 saturated heterocycles. The molecule has 6 nitrogen and oxygen atoms in total. The van der Waals surface area contributed by atoms with Gasteiger partial charge < -0.3 is 5.11 Å². The van der Waals surface area contributed by atoms with E-state index < -0.39 is 21.8 Å². The molecule has 0 spiro atoms. The summed E-state index contributed by atoms with van der Waals surface area (Å²) in [5, 5.41) is 9.01. The van der Waals surface area contributed by atoms with Crippen LogP contribution in [0.2, 0.25) is 0 Å². The van der Waals surface area contributed by atoms with Crippen LogP contribution in [0.3, 0.4) is 0 Å². The van der Waals surface area contributed by atoms with Crippen molar-refractivity contribution >= 4 is 16.0 Å². The molecule has 4 rings (SSSR count). The van der Waals surface area contributed by atoms with Crippen LogP contribution in [0.5, 0.6) is 0 Å². The van der Waals surface area contributed by atoms with Crippen molar-refractivity contribution in [3.05, 3.63) is 42.2 Å². The van der Waals surface area contributed by atoms with Gasteiger partial charge in [0, 0.05) is 18.6 Å². The standard InChI is InChI=1S/C21H27FN2O4S/c22-16-8-10-17(11-9-16)29(27,28)24-14-15-4-2-12-23-13-3-5-18(21(15)23)19(24)6-1-7-20(25)26/h1,6,8-11,15,18-19,21H,2-5,7,12-14H2,(H,25,26)/b6-1+. The summed E-state index contributed by atoms with van der Waals surface area (Å²) in [6.07, 6.45) is 7.22. The van der Waals surface area contributed by atoms with Crippen LogP contribution in [0.4, 0.5) is 4.39 Å². The van der Waals surface area contributed by atoms with E-state index in [1.54, 1.807) is 16.5 Å². The minimum absolute atomic E-state index is 0.0810. The molecule has 29 heavy (non-hydrogen) atoms. The summed E-state index contributed by atoms with van der Waals surface area (Å²) in [5.74, 6) is -1.00. The molecule has 0 aromatic heterocycles. The molecule has 1 aromatic carbocycles. The lowest BCUT2D eigenvalue weighted by Gasteiger charge is -2.56. The fourth-order valence-corrected chi connectivity index (χ4v) is 7.13. The van der Waals surface area contributed by atoms with E-state index in [0.717, 1.165) is 50.9 Å². The lowest BCUT2D eigenvalue weighted by Crippen LogP contribution is -2.65. The van der Waals surface area contributed by atoms with Gasteiger partial charge in [0.25, 0.3) is 0 Å².